The van der Waals surface area contributed by atoms with Gasteiger partial charge in [-0.15, -0.1) is 0 Å². The molecule has 0 radical (unpaired) electrons. The summed E-state index contributed by atoms with van der Waals surface area (Å²) in [5.74, 6) is 0.664. The van der Waals surface area contributed by atoms with Gasteiger partial charge in [-0.3, -0.25) is 4.79 Å². The highest BCUT2D eigenvalue weighted by Gasteiger charge is 2.09. The van der Waals surface area contributed by atoms with Crippen LogP contribution in [0.1, 0.15) is 19.4 Å². The SMILES string of the molecule is CCOC(=O)CN(C)c1ccc(OCC)c(C)c1. The van der Waals surface area contributed by atoms with Crippen LogP contribution in [0.3, 0.4) is 0 Å². The average molecular weight is 251 g/mol. The zero-order valence-corrected chi connectivity index (χ0v) is 11.5. The minimum atomic E-state index is -0.216. The Labute approximate surface area is 108 Å². The molecule has 4 heteroatoms. The van der Waals surface area contributed by atoms with Crippen molar-refractivity contribution in [3.63, 3.8) is 0 Å². The molecule has 18 heavy (non-hydrogen) atoms. The Hall–Kier alpha value is -1.71. The molecule has 0 N–H and O–H groups in total. The van der Waals surface area contributed by atoms with Crippen LogP contribution >= 0.6 is 0 Å². The molecule has 1 rings (SSSR count). The fourth-order valence-corrected chi connectivity index (χ4v) is 1.68. The molecule has 100 valence electrons. The van der Waals surface area contributed by atoms with Crippen molar-refractivity contribution in [3.05, 3.63) is 23.8 Å². The minimum Gasteiger partial charge on any atom is -0.494 e. The summed E-state index contributed by atoms with van der Waals surface area (Å²) in [5, 5.41) is 0. The van der Waals surface area contributed by atoms with Gasteiger partial charge in [0.25, 0.3) is 0 Å². The van der Waals surface area contributed by atoms with E-state index in [2.05, 4.69) is 0 Å². The second-order valence-electron chi connectivity index (χ2n) is 4.04. The van der Waals surface area contributed by atoms with Gasteiger partial charge in [0.15, 0.2) is 0 Å². The molecule has 0 atom stereocenters. The largest absolute Gasteiger partial charge is 0.494 e. The second-order valence-corrected chi connectivity index (χ2v) is 4.04. The Kier molecular flexibility index (Phi) is 5.49. The lowest BCUT2D eigenvalue weighted by atomic mass is 10.2. The standard InChI is InChI=1S/C14H21NO3/c1-5-17-13-8-7-12(9-11(13)3)15(4)10-14(16)18-6-2/h7-9H,5-6,10H2,1-4H3. The molecule has 1 aromatic rings. The normalized spacial score (nSPS) is 10.0. The summed E-state index contributed by atoms with van der Waals surface area (Å²) < 4.78 is 10.4. The number of likely N-dealkylation sites (N-methyl/N-ethyl adjacent to an activating group) is 1. The maximum absolute atomic E-state index is 11.4. The van der Waals surface area contributed by atoms with Gasteiger partial charge in [0, 0.05) is 12.7 Å². The highest BCUT2D eigenvalue weighted by Crippen LogP contribution is 2.23. The number of ether oxygens (including phenoxy) is 2. The van der Waals surface area contributed by atoms with Gasteiger partial charge in [0.05, 0.1) is 13.2 Å². The number of hydrogen-bond donors (Lipinski definition) is 0. The predicted octanol–water partition coefficient (Wildman–Crippen LogP) is 2.39. The van der Waals surface area contributed by atoms with Crippen molar-refractivity contribution in [1.29, 1.82) is 0 Å². The quantitative estimate of drug-likeness (QED) is 0.728. The average Bonchev–Trinajstić information content (AvgIpc) is 2.32. The summed E-state index contributed by atoms with van der Waals surface area (Å²) in [5.41, 5.74) is 2.04. The summed E-state index contributed by atoms with van der Waals surface area (Å²) >= 11 is 0. The van der Waals surface area contributed by atoms with Crippen molar-refractivity contribution in [2.75, 3.05) is 31.7 Å². The third-order valence-electron chi connectivity index (χ3n) is 2.57. The van der Waals surface area contributed by atoms with Gasteiger partial charge in [-0.05, 0) is 44.5 Å². The van der Waals surface area contributed by atoms with E-state index in [1.54, 1.807) is 6.92 Å². The van der Waals surface area contributed by atoms with Crippen molar-refractivity contribution >= 4 is 11.7 Å². The summed E-state index contributed by atoms with van der Waals surface area (Å²) in [7, 11) is 1.87. The first-order chi connectivity index (χ1) is 8.58. The van der Waals surface area contributed by atoms with E-state index >= 15 is 0 Å². The van der Waals surface area contributed by atoms with Gasteiger partial charge in [0.1, 0.15) is 12.3 Å². The smallest absolute Gasteiger partial charge is 0.325 e. The van der Waals surface area contributed by atoms with Crippen molar-refractivity contribution < 1.29 is 14.3 Å². The lowest BCUT2D eigenvalue weighted by Gasteiger charge is -2.19. The molecule has 0 aliphatic carbocycles. The molecule has 0 spiro atoms. The lowest BCUT2D eigenvalue weighted by molar-refractivity contribution is -0.141. The number of carbonyl (C=O) groups excluding carboxylic acids is 1. The van der Waals surface area contributed by atoms with E-state index in [-0.39, 0.29) is 12.5 Å². The number of anilines is 1. The van der Waals surface area contributed by atoms with Crippen LogP contribution in [-0.4, -0.2) is 32.8 Å². The van der Waals surface area contributed by atoms with Crippen LogP contribution in [0.2, 0.25) is 0 Å². The van der Waals surface area contributed by atoms with Gasteiger partial charge in [-0.1, -0.05) is 0 Å². The maximum atomic E-state index is 11.4. The Balaban J connectivity index is 2.71. The van der Waals surface area contributed by atoms with Crippen LogP contribution in [0.25, 0.3) is 0 Å². The van der Waals surface area contributed by atoms with Crippen LogP contribution in [0, 0.1) is 6.92 Å². The van der Waals surface area contributed by atoms with E-state index in [9.17, 15) is 4.79 Å². The van der Waals surface area contributed by atoms with Crippen LogP contribution in [0.4, 0.5) is 5.69 Å². The van der Waals surface area contributed by atoms with Gasteiger partial charge in [0.2, 0.25) is 0 Å². The van der Waals surface area contributed by atoms with Crippen LogP contribution in [0.5, 0.6) is 5.75 Å². The molecule has 0 amide bonds. The van der Waals surface area contributed by atoms with Crippen LogP contribution < -0.4 is 9.64 Å². The summed E-state index contributed by atoms with van der Waals surface area (Å²) in [6, 6.07) is 5.87. The zero-order valence-electron chi connectivity index (χ0n) is 11.5. The molecule has 0 saturated heterocycles. The summed E-state index contributed by atoms with van der Waals surface area (Å²) in [4.78, 5) is 13.3. The molecule has 0 fully saturated rings. The number of esters is 1. The Morgan fingerprint density at radius 2 is 2.00 bits per heavy atom. The van der Waals surface area contributed by atoms with Crippen LogP contribution in [-0.2, 0) is 9.53 Å². The topological polar surface area (TPSA) is 38.8 Å². The number of rotatable bonds is 6. The number of carbonyl (C=O) groups is 1. The highest BCUT2D eigenvalue weighted by molar-refractivity contribution is 5.75. The molecule has 1 aromatic carbocycles. The molecule has 4 nitrogen and oxygen atoms in total. The van der Waals surface area contributed by atoms with Crippen molar-refractivity contribution in [2.45, 2.75) is 20.8 Å². The molecular weight excluding hydrogens is 230 g/mol. The molecule has 0 aromatic heterocycles. The Bertz CT molecular complexity index is 404. The molecule has 0 aliphatic rings. The highest BCUT2D eigenvalue weighted by atomic mass is 16.5. The number of hydrogen-bond acceptors (Lipinski definition) is 4. The first kappa shape index (κ1) is 14.4. The van der Waals surface area contributed by atoms with Crippen molar-refractivity contribution in [3.8, 4) is 5.75 Å². The van der Waals surface area contributed by atoms with Gasteiger partial charge >= 0.3 is 5.97 Å². The fraction of sp³-hybridized carbons (Fsp3) is 0.500. The van der Waals surface area contributed by atoms with E-state index in [1.807, 2.05) is 44.0 Å². The van der Waals surface area contributed by atoms with E-state index in [4.69, 9.17) is 9.47 Å². The number of benzene rings is 1. The molecule has 0 heterocycles. The molecule has 0 bridgehead atoms. The Morgan fingerprint density at radius 1 is 1.28 bits per heavy atom. The lowest BCUT2D eigenvalue weighted by Crippen LogP contribution is -2.27. The maximum Gasteiger partial charge on any atom is 0.325 e. The third-order valence-corrected chi connectivity index (χ3v) is 2.57. The molecule has 0 unspecified atom stereocenters. The van der Waals surface area contributed by atoms with E-state index in [0.717, 1.165) is 17.0 Å². The molecule has 0 saturated carbocycles. The second kappa shape index (κ2) is 6.89. The monoisotopic (exact) mass is 251 g/mol. The molecular formula is C14H21NO3. The van der Waals surface area contributed by atoms with E-state index in [0.29, 0.717) is 13.2 Å². The number of aryl methyl sites for hydroxylation is 1. The first-order valence-corrected chi connectivity index (χ1v) is 6.18. The first-order valence-electron chi connectivity index (χ1n) is 6.18. The zero-order chi connectivity index (χ0) is 13.5. The number of nitrogens with zero attached hydrogens (tertiary/aromatic N) is 1. The van der Waals surface area contributed by atoms with E-state index in [1.165, 1.54) is 0 Å². The van der Waals surface area contributed by atoms with E-state index < -0.39 is 0 Å². The van der Waals surface area contributed by atoms with Crippen molar-refractivity contribution in [2.24, 2.45) is 0 Å². The fourth-order valence-electron chi connectivity index (χ4n) is 1.68. The predicted molar refractivity (Wildman–Crippen MR) is 72.3 cm³/mol. The van der Waals surface area contributed by atoms with Gasteiger partial charge < -0.3 is 14.4 Å². The summed E-state index contributed by atoms with van der Waals surface area (Å²) in [6.45, 7) is 7.07. The van der Waals surface area contributed by atoms with Gasteiger partial charge in [-0.2, -0.15) is 0 Å². The Morgan fingerprint density at radius 3 is 2.56 bits per heavy atom. The van der Waals surface area contributed by atoms with Crippen molar-refractivity contribution in [1.82, 2.24) is 0 Å². The van der Waals surface area contributed by atoms with Crippen LogP contribution in [0.15, 0.2) is 18.2 Å². The minimum absolute atomic E-state index is 0.216. The molecule has 0 aliphatic heterocycles. The third kappa shape index (κ3) is 3.95. The summed E-state index contributed by atoms with van der Waals surface area (Å²) in [6.07, 6.45) is 0. The van der Waals surface area contributed by atoms with Gasteiger partial charge in [-0.25, -0.2) is 0 Å².